The number of aliphatic hydroxyl groups is 1. The number of hydrogen-bond acceptors (Lipinski definition) is 6. The van der Waals surface area contributed by atoms with Crippen LogP contribution in [0.15, 0.2) is 11.6 Å². The predicted octanol–water partition coefficient (Wildman–Crippen LogP) is 1.27. The molecule has 0 aliphatic carbocycles. The molecule has 3 heterocycles. The molecular weight excluding hydrogens is 310 g/mol. The van der Waals surface area contributed by atoms with Crippen LogP contribution >= 0.6 is 0 Å². The summed E-state index contributed by atoms with van der Waals surface area (Å²) >= 11 is 0. The number of ether oxygens (including phenoxy) is 2. The highest BCUT2D eigenvalue weighted by Crippen LogP contribution is 2.36. The number of hydrogen-bond donors (Lipinski definition) is 1. The van der Waals surface area contributed by atoms with Crippen LogP contribution in [0.25, 0.3) is 0 Å². The zero-order valence-corrected chi connectivity index (χ0v) is 14.7. The van der Waals surface area contributed by atoms with Crippen LogP contribution in [0.3, 0.4) is 0 Å². The average Bonchev–Trinajstić information content (AvgIpc) is 3.12. The van der Waals surface area contributed by atoms with E-state index in [-0.39, 0.29) is 37.1 Å². The quantitative estimate of drug-likeness (QED) is 0.530. The van der Waals surface area contributed by atoms with E-state index in [1.165, 1.54) is 6.92 Å². The third kappa shape index (κ3) is 2.97. The topological polar surface area (TPSA) is 76.1 Å². The van der Waals surface area contributed by atoms with Gasteiger partial charge >= 0.3 is 11.9 Å². The molecule has 0 bridgehead atoms. The zero-order valence-electron chi connectivity index (χ0n) is 14.7. The van der Waals surface area contributed by atoms with Crippen molar-refractivity contribution in [1.82, 2.24) is 4.90 Å². The summed E-state index contributed by atoms with van der Waals surface area (Å²) in [5, 5.41) is 10.6. The maximum Gasteiger partial charge on any atom is 0.338 e. The summed E-state index contributed by atoms with van der Waals surface area (Å²) in [4.78, 5) is 27.3. The van der Waals surface area contributed by atoms with Crippen LogP contribution in [0, 0.1) is 11.8 Å². The molecule has 24 heavy (non-hydrogen) atoms. The number of carbonyl (C=O) groups is 2. The van der Waals surface area contributed by atoms with Gasteiger partial charge in [-0.1, -0.05) is 13.0 Å². The molecule has 3 rings (SSSR count). The lowest BCUT2D eigenvalue weighted by Gasteiger charge is -2.32. The minimum atomic E-state index is -1.62. The van der Waals surface area contributed by atoms with E-state index in [1.54, 1.807) is 19.9 Å². The van der Waals surface area contributed by atoms with Gasteiger partial charge in [0.2, 0.25) is 0 Å². The largest absolute Gasteiger partial charge is 0.463 e. The fourth-order valence-corrected chi connectivity index (χ4v) is 4.11. The fraction of sp³-hybridized carbons (Fsp3) is 0.778. The Hall–Kier alpha value is -1.40. The van der Waals surface area contributed by atoms with Gasteiger partial charge in [-0.3, -0.25) is 4.90 Å². The summed E-state index contributed by atoms with van der Waals surface area (Å²) in [6.45, 7) is 7.11. The second-order valence-corrected chi connectivity index (χ2v) is 7.47. The molecule has 6 heteroatoms. The van der Waals surface area contributed by atoms with Gasteiger partial charge in [-0.25, -0.2) is 9.59 Å². The highest BCUT2D eigenvalue weighted by Gasteiger charge is 2.48. The van der Waals surface area contributed by atoms with E-state index in [0.717, 1.165) is 25.9 Å². The van der Waals surface area contributed by atoms with E-state index in [4.69, 9.17) is 9.47 Å². The highest BCUT2D eigenvalue weighted by atomic mass is 16.6. The molecular formula is C18H27NO5. The predicted molar refractivity (Wildman–Crippen MR) is 87.1 cm³/mol. The van der Waals surface area contributed by atoms with E-state index in [1.807, 2.05) is 0 Å². The van der Waals surface area contributed by atoms with Crippen LogP contribution in [-0.2, 0) is 19.1 Å². The second-order valence-electron chi connectivity index (χ2n) is 7.47. The van der Waals surface area contributed by atoms with Crippen molar-refractivity contribution >= 4 is 11.9 Å². The van der Waals surface area contributed by atoms with Crippen LogP contribution < -0.4 is 0 Å². The molecule has 0 saturated carbocycles. The van der Waals surface area contributed by atoms with Crippen molar-refractivity contribution in [1.29, 1.82) is 0 Å². The normalized spacial score (nSPS) is 42.9. The molecule has 6 nitrogen and oxygen atoms in total. The Labute approximate surface area is 142 Å². The summed E-state index contributed by atoms with van der Waals surface area (Å²) in [7, 11) is 0. The Morgan fingerprint density at radius 3 is 2.71 bits per heavy atom. The minimum Gasteiger partial charge on any atom is -0.463 e. The molecule has 0 unspecified atom stereocenters. The standard InChI is InChI=1S/C18H27NO5/c1-4-12-9-11(2)18(3,22)17(21)23-10-13-5-7-19-8-6-14(15(13)19)24-16(12)20/h4,11,13-15,22H,5-10H2,1-3H3/b12-4-/t11-,13-,14-,15-,18+/m1/s1. The first-order valence-electron chi connectivity index (χ1n) is 8.84. The van der Waals surface area contributed by atoms with E-state index >= 15 is 0 Å². The second kappa shape index (κ2) is 6.48. The monoisotopic (exact) mass is 337 g/mol. The van der Waals surface area contributed by atoms with Gasteiger partial charge in [0.05, 0.1) is 12.6 Å². The van der Waals surface area contributed by atoms with Gasteiger partial charge in [-0.2, -0.15) is 0 Å². The van der Waals surface area contributed by atoms with Crippen molar-refractivity contribution in [3.05, 3.63) is 11.6 Å². The van der Waals surface area contributed by atoms with Crippen LogP contribution in [0.1, 0.15) is 40.0 Å². The van der Waals surface area contributed by atoms with Crippen molar-refractivity contribution in [2.24, 2.45) is 11.8 Å². The summed E-state index contributed by atoms with van der Waals surface area (Å²) in [6.07, 6.45) is 3.59. The Bertz CT molecular complexity index is 556. The molecule has 0 aromatic heterocycles. The maximum atomic E-state index is 12.6. The van der Waals surface area contributed by atoms with Crippen molar-refractivity contribution in [3.63, 3.8) is 0 Å². The SMILES string of the molecule is C/C=C1/C[C@@H](C)[C@](C)(O)C(=O)OC[C@H]2CCN3CC[C@@H](OC1=O)[C@@H]23. The smallest absolute Gasteiger partial charge is 0.338 e. The van der Waals surface area contributed by atoms with E-state index < -0.39 is 17.5 Å². The van der Waals surface area contributed by atoms with Crippen molar-refractivity contribution in [2.45, 2.75) is 57.8 Å². The van der Waals surface area contributed by atoms with E-state index in [0.29, 0.717) is 5.57 Å². The third-order valence-electron chi connectivity index (χ3n) is 5.97. The zero-order chi connectivity index (χ0) is 17.5. The molecule has 0 amide bonds. The van der Waals surface area contributed by atoms with Crippen LogP contribution in [0.2, 0.25) is 0 Å². The Morgan fingerprint density at radius 2 is 2.00 bits per heavy atom. The van der Waals surface area contributed by atoms with E-state index in [2.05, 4.69) is 4.90 Å². The molecule has 0 aromatic rings. The molecule has 5 atom stereocenters. The van der Waals surface area contributed by atoms with Crippen molar-refractivity contribution < 1.29 is 24.2 Å². The van der Waals surface area contributed by atoms with Crippen molar-refractivity contribution in [3.8, 4) is 0 Å². The first-order valence-corrected chi connectivity index (χ1v) is 8.84. The van der Waals surface area contributed by atoms with Crippen LogP contribution in [0.4, 0.5) is 0 Å². The van der Waals surface area contributed by atoms with Gasteiger partial charge < -0.3 is 14.6 Å². The molecule has 3 saturated heterocycles. The molecule has 134 valence electrons. The first kappa shape index (κ1) is 17.4. The number of cyclic esters (lactones) is 1. The molecule has 3 aliphatic heterocycles. The number of allylic oxidation sites excluding steroid dienone is 1. The lowest BCUT2D eigenvalue weighted by atomic mass is 9.85. The van der Waals surface area contributed by atoms with Crippen molar-refractivity contribution in [2.75, 3.05) is 19.7 Å². The summed E-state index contributed by atoms with van der Waals surface area (Å²) in [6, 6.07) is 0.113. The molecule has 0 radical (unpaired) electrons. The van der Waals surface area contributed by atoms with Gasteiger partial charge in [-0.15, -0.1) is 0 Å². The van der Waals surface area contributed by atoms with Gasteiger partial charge in [0, 0.05) is 18.0 Å². The van der Waals surface area contributed by atoms with Gasteiger partial charge in [-0.05, 0) is 45.6 Å². The maximum absolute atomic E-state index is 12.6. The Morgan fingerprint density at radius 1 is 1.29 bits per heavy atom. The van der Waals surface area contributed by atoms with Crippen LogP contribution in [0.5, 0.6) is 0 Å². The number of nitrogens with zero attached hydrogens (tertiary/aromatic N) is 1. The Balaban J connectivity index is 1.89. The minimum absolute atomic E-state index is 0.113. The Kier molecular flexibility index (Phi) is 4.71. The average molecular weight is 337 g/mol. The van der Waals surface area contributed by atoms with Gasteiger partial charge in [0.1, 0.15) is 6.10 Å². The lowest BCUT2D eigenvalue weighted by Crippen LogP contribution is -2.46. The molecule has 3 fully saturated rings. The summed E-state index contributed by atoms with van der Waals surface area (Å²) < 4.78 is 11.3. The number of esters is 2. The molecule has 3 aliphatic rings. The van der Waals surface area contributed by atoms with Crippen LogP contribution in [-0.4, -0.2) is 59.4 Å². The van der Waals surface area contributed by atoms with Gasteiger partial charge in [0.25, 0.3) is 0 Å². The number of rotatable bonds is 0. The number of carbonyl (C=O) groups excluding carboxylic acids is 2. The molecule has 0 spiro atoms. The first-order chi connectivity index (χ1) is 11.3. The van der Waals surface area contributed by atoms with Gasteiger partial charge in [0.15, 0.2) is 5.60 Å². The molecule has 0 aromatic carbocycles. The third-order valence-corrected chi connectivity index (χ3v) is 5.97. The van der Waals surface area contributed by atoms with E-state index in [9.17, 15) is 14.7 Å². The lowest BCUT2D eigenvalue weighted by molar-refractivity contribution is -0.172. The summed E-state index contributed by atoms with van der Waals surface area (Å²) in [5.74, 6) is -1.23. The molecule has 1 N–H and O–H groups in total. The fourth-order valence-electron chi connectivity index (χ4n) is 4.11. The highest BCUT2D eigenvalue weighted by molar-refractivity contribution is 5.89. The summed E-state index contributed by atoms with van der Waals surface area (Å²) in [5.41, 5.74) is -1.12.